The molecule has 1 aromatic carbocycles. The Labute approximate surface area is 140 Å². The molecule has 24 heavy (non-hydrogen) atoms. The van der Waals surface area contributed by atoms with E-state index in [9.17, 15) is 13.2 Å². The lowest BCUT2D eigenvalue weighted by Gasteiger charge is -2.32. The fraction of sp³-hybridized carbons (Fsp3) is 0.647. The lowest BCUT2D eigenvalue weighted by Crippen LogP contribution is -2.45. The summed E-state index contributed by atoms with van der Waals surface area (Å²) in [6, 6.07) is 8.09. The van der Waals surface area contributed by atoms with E-state index in [4.69, 9.17) is 9.47 Å². The summed E-state index contributed by atoms with van der Waals surface area (Å²) in [5.74, 6) is 0.802. The van der Waals surface area contributed by atoms with Crippen LogP contribution in [0.1, 0.15) is 18.4 Å². The Morgan fingerprint density at radius 1 is 1.12 bits per heavy atom. The number of hydrogen-bond acceptors (Lipinski definition) is 4. The van der Waals surface area contributed by atoms with Gasteiger partial charge in [-0.1, -0.05) is 12.1 Å². The first kappa shape index (κ1) is 19.0. The highest BCUT2D eigenvalue weighted by Gasteiger charge is 2.32. The van der Waals surface area contributed by atoms with Crippen LogP contribution in [0.3, 0.4) is 0 Å². The highest BCUT2D eigenvalue weighted by Crippen LogP contribution is 2.20. The van der Waals surface area contributed by atoms with Crippen molar-refractivity contribution in [3.63, 3.8) is 0 Å². The number of halogens is 3. The second-order valence-electron chi connectivity index (χ2n) is 6.03. The number of likely N-dealkylation sites (tertiary alicyclic amines) is 1. The quantitative estimate of drug-likeness (QED) is 0.734. The standard InChI is InChI=1S/C17H25F3N2O2/c1-23-10-11-24-16-4-2-14(3-5-16)12-21-15-6-8-22(9-7-15)13-17(18,19)20/h2-5,15,21H,6-13H2,1H3. The number of hydrogen-bond donors (Lipinski definition) is 1. The van der Waals surface area contributed by atoms with Crippen LogP contribution in [0.5, 0.6) is 5.75 Å². The number of benzene rings is 1. The van der Waals surface area contributed by atoms with Gasteiger partial charge < -0.3 is 14.8 Å². The van der Waals surface area contributed by atoms with E-state index >= 15 is 0 Å². The van der Waals surface area contributed by atoms with Crippen LogP contribution in [0.2, 0.25) is 0 Å². The second kappa shape index (κ2) is 9.25. The molecule has 1 aliphatic heterocycles. The Kier molecular flexibility index (Phi) is 7.33. The molecule has 0 radical (unpaired) electrons. The highest BCUT2D eigenvalue weighted by molar-refractivity contribution is 5.27. The Hall–Kier alpha value is -1.31. The summed E-state index contributed by atoms with van der Waals surface area (Å²) in [4.78, 5) is 1.48. The molecule has 0 aromatic heterocycles. The van der Waals surface area contributed by atoms with E-state index in [-0.39, 0.29) is 6.04 Å². The molecule has 0 amide bonds. The van der Waals surface area contributed by atoms with E-state index in [2.05, 4.69) is 5.32 Å². The number of alkyl halides is 3. The van der Waals surface area contributed by atoms with E-state index in [1.807, 2.05) is 24.3 Å². The maximum atomic E-state index is 12.4. The Morgan fingerprint density at radius 2 is 1.79 bits per heavy atom. The molecule has 1 heterocycles. The lowest BCUT2D eigenvalue weighted by atomic mass is 10.0. The van der Waals surface area contributed by atoms with Gasteiger partial charge in [0.25, 0.3) is 0 Å². The average Bonchev–Trinajstić information content (AvgIpc) is 2.54. The first-order valence-electron chi connectivity index (χ1n) is 8.19. The Balaban J connectivity index is 1.67. The van der Waals surface area contributed by atoms with Crippen LogP contribution in [0, 0.1) is 0 Å². The fourth-order valence-electron chi connectivity index (χ4n) is 2.76. The maximum absolute atomic E-state index is 12.4. The van der Waals surface area contributed by atoms with Crippen LogP contribution in [-0.4, -0.2) is 57.1 Å². The van der Waals surface area contributed by atoms with Crippen LogP contribution in [-0.2, 0) is 11.3 Å². The largest absolute Gasteiger partial charge is 0.491 e. The number of piperidine rings is 1. The van der Waals surface area contributed by atoms with Crippen LogP contribution in [0.25, 0.3) is 0 Å². The summed E-state index contributed by atoms with van der Waals surface area (Å²) < 4.78 is 47.5. The Bertz CT molecular complexity index is 472. The molecule has 1 aliphatic rings. The van der Waals surface area contributed by atoms with Crippen molar-refractivity contribution >= 4 is 0 Å². The zero-order valence-corrected chi connectivity index (χ0v) is 13.9. The average molecular weight is 346 g/mol. The smallest absolute Gasteiger partial charge is 0.401 e. The van der Waals surface area contributed by atoms with E-state index in [0.29, 0.717) is 32.8 Å². The van der Waals surface area contributed by atoms with Gasteiger partial charge in [-0.3, -0.25) is 4.90 Å². The van der Waals surface area contributed by atoms with Gasteiger partial charge in [0.2, 0.25) is 0 Å². The van der Waals surface area contributed by atoms with Crippen molar-refractivity contribution in [3.8, 4) is 5.75 Å². The normalized spacial score (nSPS) is 17.2. The first-order chi connectivity index (χ1) is 11.5. The van der Waals surface area contributed by atoms with E-state index in [0.717, 1.165) is 24.2 Å². The number of nitrogens with zero attached hydrogens (tertiary/aromatic N) is 1. The van der Waals surface area contributed by atoms with Crippen molar-refractivity contribution in [3.05, 3.63) is 29.8 Å². The monoisotopic (exact) mass is 346 g/mol. The van der Waals surface area contributed by atoms with Gasteiger partial charge in [-0.05, 0) is 43.6 Å². The molecule has 0 aliphatic carbocycles. The van der Waals surface area contributed by atoms with Gasteiger partial charge in [0.15, 0.2) is 0 Å². The number of nitrogens with one attached hydrogen (secondary N) is 1. The minimum absolute atomic E-state index is 0.270. The van der Waals surface area contributed by atoms with Gasteiger partial charge in [-0.15, -0.1) is 0 Å². The number of ether oxygens (including phenoxy) is 2. The fourth-order valence-corrected chi connectivity index (χ4v) is 2.76. The van der Waals surface area contributed by atoms with Gasteiger partial charge >= 0.3 is 6.18 Å². The van der Waals surface area contributed by atoms with E-state index in [1.54, 1.807) is 7.11 Å². The SMILES string of the molecule is COCCOc1ccc(CNC2CCN(CC(F)(F)F)CC2)cc1. The molecule has 136 valence electrons. The third kappa shape index (κ3) is 7.07. The molecule has 0 atom stereocenters. The summed E-state index contributed by atoms with van der Waals surface area (Å²) in [7, 11) is 1.63. The van der Waals surface area contributed by atoms with Gasteiger partial charge in [0.05, 0.1) is 13.2 Å². The van der Waals surface area contributed by atoms with E-state index < -0.39 is 12.7 Å². The van der Waals surface area contributed by atoms with Gasteiger partial charge in [0.1, 0.15) is 12.4 Å². The topological polar surface area (TPSA) is 33.7 Å². The number of rotatable bonds is 8. The van der Waals surface area contributed by atoms with Crippen molar-refractivity contribution in [2.45, 2.75) is 31.6 Å². The highest BCUT2D eigenvalue weighted by atomic mass is 19.4. The first-order valence-corrected chi connectivity index (χ1v) is 8.19. The molecule has 0 unspecified atom stereocenters. The van der Waals surface area contributed by atoms with Crippen LogP contribution in [0.4, 0.5) is 13.2 Å². The molecule has 0 spiro atoms. The summed E-state index contributed by atoms with van der Waals surface area (Å²) in [5, 5.41) is 3.42. The van der Waals surface area contributed by atoms with Crippen molar-refractivity contribution in [2.24, 2.45) is 0 Å². The lowest BCUT2D eigenvalue weighted by molar-refractivity contribution is -0.148. The van der Waals surface area contributed by atoms with Crippen LogP contribution >= 0.6 is 0 Å². The third-order valence-electron chi connectivity index (χ3n) is 4.06. The van der Waals surface area contributed by atoms with Gasteiger partial charge in [-0.2, -0.15) is 13.2 Å². The Morgan fingerprint density at radius 3 is 2.38 bits per heavy atom. The number of methoxy groups -OCH3 is 1. The van der Waals surface area contributed by atoms with Gasteiger partial charge in [0, 0.05) is 19.7 Å². The molecule has 1 N–H and O–H groups in total. The molecule has 2 rings (SSSR count). The predicted molar refractivity (Wildman–Crippen MR) is 86.2 cm³/mol. The summed E-state index contributed by atoms with van der Waals surface area (Å²) in [6.07, 6.45) is -2.62. The third-order valence-corrected chi connectivity index (χ3v) is 4.06. The van der Waals surface area contributed by atoms with E-state index in [1.165, 1.54) is 4.90 Å². The summed E-state index contributed by atoms with van der Waals surface area (Å²) >= 11 is 0. The second-order valence-corrected chi connectivity index (χ2v) is 6.03. The zero-order valence-electron chi connectivity index (χ0n) is 13.9. The van der Waals surface area contributed by atoms with Crippen molar-refractivity contribution in [1.29, 1.82) is 0 Å². The van der Waals surface area contributed by atoms with Crippen LogP contribution < -0.4 is 10.1 Å². The molecular weight excluding hydrogens is 321 g/mol. The van der Waals surface area contributed by atoms with Crippen molar-refractivity contribution in [2.75, 3.05) is 40.0 Å². The molecule has 4 nitrogen and oxygen atoms in total. The van der Waals surface area contributed by atoms with Crippen molar-refractivity contribution < 1.29 is 22.6 Å². The molecule has 0 saturated carbocycles. The van der Waals surface area contributed by atoms with Gasteiger partial charge in [-0.25, -0.2) is 0 Å². The zero-order chi connectivity index (χ0) is 17.4. The molecule has 0 bridgehead atoms. The molecule has 7 heteroatoms. The minimum atomic E-state index is -4.10. The predicted octanol–water partition coefficient (Wildman–Crippen LogP) is 2.83. The van der Waals surface area contributed by atoms with Crippen molar-refractivity contribution in [1.82, 2.24) is 10.2 Å². The summed E-state index contributed by atoms with van der Waals surface area (Å²) in [5.41, 5.74) is 1.13. The molecular formula is C17H25F3N2O2. The maximum Gasteiger partial charge on any atom is 0.401 e. The molecule has 1 fully saturated rings. The van der Waals surface area contributed by atoms with Crippen LogP contribution in [0.15, 0.2) is 24.3 Å². The molecule has 1 aromatic rings. The minimum Gasteiger partial charge on any atom is -0.491 e. The molecule has 1 saturated heterocycles. The summed E-state index contributed by atoms with van der Waals surface area (Å²) in [6.45, 7) is 1.96.